The van der Waals surface area contributed by atoms with Crippen LogP contribution in [0.2, 0.25) is 0 Å². The van der Waals surface area contributed by atoms with Gasteiger partial charge in [0.2, 0.25) is 0 Å². The summed E-state index contributed by atoms with van der Waals surface area (Å²) in [6.07, 6.45) is 5.27. The lowest BCUT2D eigenvalue weighted by molar-refractivity contribution is 0.0891. The molecule has 0 aliphatic carbocycles. The molecule has 0 aliphatic heterocycles. The van der Waals surface area contributed by atoms with Gasteiger partial charge in [-0.3, -0.25) is 9.78 Å². The fraction of sp³-hybridized carbons (Fsp3) is 0.133. The SMILES string of the molecule is O=C(CCO/N=C\c1ccncc1)c1ccccc1. The zero-order valence-electron chi connectivity index (χ0n) is 10.4. The number of aromatic nitrogens is 1. The molecule has 0 unspecified atom stereocenters. The van der Waals surface area contributed by atoms with Crippen molar-refractivity contribution in [2.24, 2.45) is 5.16 Å². The van der Waals surface area contributed by atoms with Crippen molar-refractivity contribution in [1.29, 1.82) is 0 Å². The van der Waals surface area contributed by atoms with Crippen LogP contribution in [0.5, 0.6) is 0 Å². The molecule has 2 rings (SSSR count). The Hall–Kier alpha value is -2.49. The predicted molar refractivity (Wildman–Crippen MR) is 73.2 cm³/mol. The number of ketones is 1. The highest BCUT2D eigenvalue weighted by molar-refractivity contribution is 5.96. The van der Waals surface area contributed by atoms with Crippen molar-refractivity contribution in [3.8, 4) is 0 Å². The Bertz CT molecular complexity index is 539. The number of carbonyl (C=O) groups excluding carboxylic acids is 1. The minimum absolute atomic E-state index is 0.0553. The van der Waals surface area contributed by atoms with Gasteiger partial charge >= 0.3 is 0 Å². The monoisotopic (exact) mass is 254 g/mol. The Kier molecular flexibility index (Phi) is 4.81. The van der Waals surface area contributed by atoms with E-state index in [4.69, 9.17) is 4.84 Å². The highest BCUT2D eigenvalue weighted by atomic mass is 16.6. The van der Waals surface area contributed by atoms with Crippen molar-refractivity contribution in [3.05, 3.63) is 66.0 Å². The molecule has 96 valence electrons. The van der Waals surface area contributed by atoms with Crippen molar-refractivity contribution in [2.45, 2.75) is 6.42 Å². The van der Waals surface area contributed by atoms with Crippen molar-refractivity contribution >= 4 is 12.0 Å². The average molecular weight is 254 g/mol. The van der Waals surface area contributed by atoms with Gasteiger partial charge in [0.1, 0.15) is 6.61 Å². The first-order chi connectivity index (χ1) is 9.36. The van der Waals surface area contributed by atoms with Crippen LogP contribution in [-0.4, -0.2) is 23.6 Å². The van der Waals surface area contributed by atoms with Gasteiger partial charge in [-0.25, -0.2) is 0 Å². The minimum Gasteiger partial charge on any atom is -0.395 e. The van der Waals surface area contributed by atoms with Crippen LogP contribution in [0, 0.1) is 0 Å². The topological polar surface area (TPSA) is 51.5 Å². The first-order valence-corrected chi connectivity index (χ1v) is 6.00. The van der Waals surface area contributed by atoms with E-state index < -0.39 is 0 Å². The molecule has 19 heavy (non-hydrogen) atoms. The van der Waals surface area contributed by atoms with Crippen molar-refractivity contribution in [2.75, 3.05) is 6.61 Å². The van der Waals surface area contributed by atoms with Crippen molar-refractivity contribution in [1.82, 2.24) is 4.98 Å². The van der Waals surface area contributed by atoms with E-state index >= 15 is 0 Å². The summed E-state index contributed by atoms with van der Waals surface area (Å²) in [6, 6.07) is 12.8. The fourth-order valence-electron chi connectivity index (χ4n) is 1.51. The summed E-state index contributed by atoms with van der Waals surface area (Å²) in [5.41, 5.74) is 1.61. The van der Waals surface area contributed by atoms with Gasteiger partial charge in [-0.15, -0.1) is 0 Å². The number of oxime groups is 1. The van der Waals surface area contributed by atoms with Crippen LogP contribution in [-0.2, 0) is 4.84 Å². The van der Waals surface area contributed by atoms with Crippen LogP contribution in [0.25, 0.3) is 0 Å². The largest absolute Gasteiger partial charge is 0.395 e. The maximum atomic E-state index is 11.7. The van der Waals surface area contributed by atoms with Crippen LogP contribution in [0.3, 0.4) is 0 Å². The van der Waals surface area contributed by atoms with Crippen molar-refractivity contribution in [3.63, 3.8) is 0 Å². The lowest BCUT2D eigenvalue weighted by Crippen LogP contribution is -2.02. The van der Waals surface area contributed by atoms with Gasteiger partial charge in [0, 0.05) is 24.4 Å². The molecule has 1 aromatic heterocycles. The molecule has 4 nitrogen and oxygen atoms in total. The molecular weight excluding hydrogens is 240 g/mol. The molecule has 0 fully saturated rings. The van der Waals surface area contributed by atoms with Crippen LogP contribution in [0.1, 0.15) is 22.3 Å². The van der Waals surface area contributed by atoms with Gasteiger partial charge in [-0.05, 0) is 17.7 Å². The highest BCUT2D eigenvalue weighted by Gasteiger charge is 2.04. The third-order valence-electron chi connectivity index (χ3n) is 2.50. The number of hydrogen-bond acceptors (Lipinski definition) is 4. The number of nitrogens with zero attached hydrogens (tertiary/aromatic N) is 2. The van der Waals surface area contributed by atoms with E-state index in [1.807, 2.05) is 30.3 Å². The van der Waals surface area contributed by atoms with E-state index in [9.17, 15) is 4.79 Å². The summed E-state index contributed by atoms with van der Waals surface area (Å²) in [5, 5.41) is 3.80. The van der Waals surface area contributed by atoms with Crippen LogP contribution < -0.4 is 0 Å². The number of hydrogen-bond donors (Lipinski definition) is 0. The van der Waals surface area contributed by atoms with Crippen LogP contribution >= 0.6 is 0 Å². The fourth-order valence-corrected chi connectivity index (χ4v) is 1.51. The van der Waals surface area contributed by atoms with Gasteiger partial charge in [-0.2, -0.15) is 0 Å². The second-order valence-electron chi connectivity index (χ2n) is 3.89. The van der Waals surface area contributed by atoms with Gasteiger partial charge in [-0.1, -0.05) is 35.5 Å². The number of carbonyl (C=O) groups is 1. The van der Waals surface area contributed by atoms with Gasteiger partial charge in [0.15, 0.2) is 5.78 Å². The summed E-state index contributed by atoms with van der Waals surface area (Å²) in [5.74, 6) is 0.0553. The van der Waals surface area contributed by atoms with Crippen LogP contribution in [0.15, 0.2) is 60.0 Å². The summed E-state index contributed by atoms with van der Waals surface area (Å²) >= 11 is 0. The quantitative estimate of drug-likeness (QED) is 0.345. The molecule has 0 N–H and O–H groups in total. The van der Waals surface area contributed by atoms with Gasteiger partial charge < -0.3 is 4.84 Å². The lowest BCUT2D eigenvalue weighted by Gasteiger charge is -2.00. The van der Waals surface area contributed by atoms with E-state index in [-0.39, 0.29) is 12.4 Å². The molecule has 1 heterocycles. The molecule has 4 heteroatoms. The summed E-state index contributed by atoms with van der Waals surface area (Å²) in [7, 11) is 0. The molecule has 1 aromatic carbocycles. The number of rotatable bonds is 6. The third kappa shape index (κ3) is 4.35. The second kappa shape index (κ2) is 7.06. The molecular formula is C15H14N2O2. The van der Waals surface area contributed by atoms with E-state index in [1.165, 1.54) is 0 Å². The molecule has 0 amide bonds. The van der Waals surface area contributed by atoms with E-state index in [0.29, 0.717) is 12.0 Å². The standard InChI is InChI=1S/C15H14N2O2/c18-15(14-4-2-1-3-5-14)8-11-19-17-12-13-6-9-16-10-7-13/h1-7,9-10,12H,8,11H2/b17-12-. The van der Waals surface area contributed by atoms with E-state index in [2.05, 4.69) is 10.1 Å². The Morgan fingerprint density at radius 1 is 1.16 bits per heavy atom. The normalized spacial score (nSPS) is 10.5. The Morgan fingerprint density at radius 3 is 2.63 bits per heavy atom. The number of pyridine rings is 1. The molecule has 0 bridgehead atoms. The first-order valence-electron chi connectivity index (χ1n) is 6.00. The third-order valence-corrected chi connectivity index (χ3v) is 2.50. The minimum atomic E-state index is 0.0553. The van der Waals surface area contributed by atoms with Gasteiger partial charge in [0.25, 0.3) is 0 Å². The Balaban J connectivity index is 1.73. The lowest BCUT2D eigenvalue weighted by atomic mass is 10.1. The van der Waals surface area contributed by atoms with Crippen LogP contribution in [0.4, 0.5) is 0 Å². The Labute approximate surface area is 111 Å². The predicted octanol–water partition coefficient (Wildman–Crippen LogP) is 2.71. The van der Waals surface area contributed by atoms with Gasteiger partial charge in [0.05, 0.1) is 6.21 Å². The molecule has 0 radical (unpaired) electrons. The Morgan fingerprint density at radius 2 is 1.89 bits per heavy atom. The molecule has 0 aliphatic rings. The summed E-state index contributed by atoms with van der Waals surface area (Å²) in [6.45, 7) is 0.273. The maximum absolute atomic E-state index is 11.7. The number of benzene rings is 1. The molecule has 0 atom stereocenters. The number of Topliss-reactive ketones (excluding diaryl/α,β-unsaturated/α-hetero) is 1. The molecule has 2 aromatic rings. The molecule has 0 saturated heterocycles. The zero-order valence-corrected chi connectivity index (χ0v) is 10.4. The second-order valence-corrected chi connectivity index (χ2v) is 3.89. The summed E-state index contributed by atoms with van der Waals surface area (Å²) in [4.78, 5) is 20.7. The first kappa shape index (κ1) is 13.0. The molecule has 0 saturated carbocycles. The average Bonchev–Trinajstić information content (AvgIpc) is 2.49. The zero-order chi connectivity index (χ0) is 13.3. The van der Waals surface area contributed by atoms with E-state index in [1.54, 1.807) is 30.7 Å². The van der Waals surface area contributed by atoms with E-state index in [0.717, 1.165) is 5.56 Å². The maximum Gasteiger partial charge on any atom is 0.166 e. The molecule has 0 spiro atoms. The smallest absolute Gasteiger partial charge is 0.166 e. The highest BCUT2D eigenvalue weighted by Crippen LogP contribution is 2.03. The van der Waals surface area contributed by atoms with Crippen molar-refractivity contribution < 1.29 is 9.63 Å². The summed E-state index contributed by atoms with van der Waals surface area (Å²) < 4.78 is 0.